The summed E-state index contributed by atoms with van der Waals surface area (Å²) in [5, 5.41) is 2.99. The second-order valence-electron chi connectivity index (χ2n) is 4.94. The van der Waals surface area contributed by atoms with Gasteiger partial charge in [0, 0.05) is 19.9 Å². The number of rotatable bonds is 4. The molecule has 0 unspecified atom stereocenters. The average Bonchev–Trinajstić information content (AvgIpc) is 2.47. The number of nitrogens with zero attached hydrogens (tertiary/aromatic N) is 2. The quantitative estimate of drug-likeness (QED) is 0.643. The summed E-state index contributed by atoms with van der Waals surface area (Å²) in [5.41, 5.74) is 5.85. The van der Waals surface area contributed by atoms with Crippen molar-refractivity contribution in [3.63, 3.8) is 0 Å². The zero-order valence-electron chi connectivity index (χ0n) is 11.4. The second-order valence-corrected chi connectivity index (χ2v) is 4.94. The predicted octanol–water partition coefficient (Wildman–Crippen LogP) is 2.01. The minimum atomic E-state index is 0.434. The molecule has 0 aliphatic heterocycles. The fourth-order valence-electron chi connectivity index (χ4n) is 2.39. The first-order valence-electron chi connectivity index (χ1n) is 6.78. The Morgan fingerprint density at radius 3 is 2.84 bits per heavy atom. The summed E-state index contributed by atoms with van der Waals surface area (Å²) in [6.45, 7) is 0.780. The Kier molecular flexibility index (Phi) is 5.15. The van der Waals surface area contributed by atoms with Crippen LogP contribution >= 0.6 is 0 Å². The molecule has 0 bridgehead atoms. The summed E-state index contributed by atoms with van der Waals surface area (Å²) in [4.78, 5) is 8.54. The van der Waals surface area contributed by atoms with Crippen LogP contribution in [0.25, 0.3) is 0 Å². The lowest BCUT2D eigenvalue weighted by Gasteiger charge is -2.26. The molecule has 1 saturated carbocycles. The van der Waals surface area contributed by atoms with Gasteiger partial charge in [0.25, 0.3) is 0 Å². The molecule has 3 N–H and O–H groups in total. The average molecular weight is 262 g/mol. The van der Waals surface area contributed by atoms with Gasteiger partial charge in [-0.3, -0.25) is 4.99 Å². The summed E-state index contributed by atoms with van der Waals surface area (Å²) in [5.74, 6) is 1.79. The van der Waals surface area contributed by atoms with Crippen LogP contribution in [0.1, 0.15) is 25.7 Å². The van der Waals surface area contributed by atoms with Crippen molar-refractivity contribution in [1.82, 2.24) is 4.98 Å². The van der Waals surface area contributed by atoms with Gasteiger partial charge in [0.15, 0.2) is 5.96 Å². The molecule has 0 saturated heterocycles. The first-order valence-corrected chi connectivity index (χ1v) is 6.78. The third kappa shape index (κ3) is 4.52. The number of methoxy groups -OCH3 is 1. The number of nitrogens with one attached hydrogen (secondary N) is 1. The van der Waals surface area contributed by atoms with Crippen molar-refractivity contribution >= 4 is 11.8 Å². The van der Waals surface area contributed by atoms with E-state index in [0.29, 0.717) is 18.0 Å². The zero-order valence-corrected chi connectivity index (χ0v) is 11.4. The molecular formula is C14H22N4O. The van der Waals surface area contributed by atoms with E-state index in [2.05, 4.69) is 15.3 Å². The van der Waals surface area contributed by atoms with Crippen molar-refractivity contribution in [2.24, 2.45) is 16.6 Å². The minimum Gasteiger partial charge on any atom is -0.381 e. The fourth-order valence-corrected chi connectivity index (χ4v) is 2.39. The van der Waals surface area contributed by atoms with Crippen molar-refractivity contribution in [2.45, 2.75) is 31.8 Å². The molecule has 0 amide bonds. The summed E-state index contributed by atoms with van der Waals surface area (Å²) < 4.78 is 5.36. The highest BCUT2D eigenvalue weighted by atomic mass is 16.5. The normalized spacial score (nSPS) is 24.2. The van der Waals surface area contributed by atoms with E-state index in [-0.39, 0.29) is 0 Å². The molecule has 1 aromatic heterocycles. The Balaban J connectivity index is 1.76. The summed E-state index contributed by atoms with van der Waals surface area (Å²) in [6.07, 6.45) is 6.75. The maximum absolute atomic E-state index is 5.85. The molecule has 5 heteroatoms. The van der Waals surface area contributed by atoms with Crippen molar-refractivity contribution in [2.75, 3.05) is 19.0 Å². The maximum Gasteiger partial charge on any atom is 0.194 e. The summed E-state index contributed by atoms with van der Waals surface area (Å²) in [6, 6.07) is 5.65. The van der Waals surface area contributed by atoms with Crippen LogP contribution in [0.5, 0.6) is 0 Å². The number of anilines is 1. The molecule has 0 aromatic carbocycles. The molecule has 0 spiro atoms. The van der Waals surface area contributed by atoms with E-state index in [9.17, 15) is 0 Å². The van der Waals surface area contributed by atoms with Crippen LogP contribution in [0, 0.1) is 5.92 Å². The Morgan fingerprint density at radius 1 is 1.42 bits per heavy atom. The maximum atomic E-state index is 5.85. The highest BCUT2D eigenvalue weighted by Crippen LogP contribution is 2.25. The van der Waals surface area contributed by atoms with E-state index in [0.717, 1.165) is 25.2 Å². The standard InChI is InChI=1S/C14H22N4O/c1-19-12-7-5-11(6-8-12)10-17-14(15)18-13-4-2-3-9-16-13/h2-4,9,11-12H,5-8,10H2,1H3,(H3,15,16,17,18). The Morgan fingerprint density at radius 2 is 2.21 bits per heavy atom. The van der Waals surface area contributed by atoms with Crippen LogP contribution < -0.4 is 11.1 Å². The van der Waals surface area contributed by atoms with Gasteiger partial charge in [-0.1, -0.05) is 6.07 Å². The highest BCUT2D eigenvalue weighted by Gasteiger charge is 2.20. The van der Waals surface area contributed by atoms with Gasteiger partial charge in [0.1, 0.15) is 5.82 Å². The summed E-state index contributed by atoms with van der Waals surface area (Å²) >= 11 is 0. The van der Waals surface area contributed by atoms with Crippen LogP contribution in [0.2, 0.25) is 0 Å². The molecule has 1 fully saturated rings. The van der Waals surface area contributed by atoms with Crippen LogP contribution in [0.4, 0.5) is 5.82 Å². The SMILES string of the molecule is COC1CCC(CN=C(N)Nc2ccccn2)CC1. The number of hydrogen-bond acceptors (Lipinski definition) is 3. The molecule has 1 heterocycles. The predicted molar refractivity (Wildman–Crippen MR) is 77.1 cm³/mol. The van der Waals surface area contributed by atoms with Crippen molar-refractivity contribution in [3.05, 3.63) is 24.4 Å². The first-order chi connectivity index (χ1) is 9.28. The third-order valence-electron chi connectivity index (χ3n) is 3.57. The number of pyridine rings is 1. The van der Waals surface area contributed by atoms with Crippen LogP contribution in [-0.2, 0) is 4.74 Å². The van der Waals surface area contributed by atoms with Crippen molar-refractivity contribution < 1.29 is 4.74 Å². The molecule has 1 aliphatic rings. The molecule has 1 aromatic rings. The van der Waals surface area contributed by atoms with Crippen LogP contribution in [-0.4, -0.2) is 30.7 Å². The Bertz CT molecular complexity index is 399. The van der Waals surface area contributed by atoms with Gasteiger partial charge in [0.05, 0.1) is 6.10 Å². The van der Waals surface area contributed by atoms with E-state index in [1.165, 1.54) is 12.8 Å². The zero-order chi connectivity index (χ0) is 13.5. The van der Waals surface area contributed by atoms with Gasteiger partial charge < -0.3 is 15.8 Å². The topological polar surface area (TPSA) is 72.5 Å². The van der Waals surface area contributed by atoms with Gasteiger partial charge in [-0.15, -0.1) is 0 Å². The number of hydrogen-bond donors (Lipinski definition) is 2. The lowest BCUT2D eigenvalue weighted by atomic mass is 9.87. The fraction of sp³-hybridized carbons (Fsp3) is 0.571. The lowest BCUT2D eigenvalue weighted by molar-refractivity contribution is 0.0581. The molecule has 1 aliphatic carbocycles. The Hall–Kier alpha value is -1.62. The number of ether oxygens (including phenoxy) is 1. The highest BCUT2D eigenvalue weighted by molar-refractivity contribution is 5.91. The van der Waals surface area contributed by atoms with Crippen LogP contribution in [0.15, 0.2) is 29.4 Å². The molecule has 19 heavy (non-hydrogen) atoms. The van der Waals surface area contributed by atoms with Gasteiger partial charge in [-0.2, -0.15) is 0 Å². The van der Waals surface area contributed by atoms with Gasteiger partial charge >= 0.3 is 0 Å². The van der Waals surface area contributed by atoms with Gasteiger partial charge in [-0.25, -0.2) is 4.98 Å². The largest absolute Gasteiger partial charge is 0.381 e. The van der Waals surface area contributed by atoms with E-state index < -0.39 is 0 Å². The number of aliphatic imine (C=N–C) groups is 1. The minimum absolute atomic E-state index is 0.434. The van der Waals surface area contributed by atoms with Crippen molar-refractivity contribution in [3.8, 4) is 0 Å². The second kappa shape index (κ2) is 7.09. The number of guanidine groups is 1. The Labute approximate surface area is 114 Å². The molecular weight excluding hydrogens is 240 g/mol. The number of nitrogens with two attached hydrogens (primary N) is 1. The molecule has 2 rings (SSSR count). The third-order valence-corrected chi connectivity index (χ3v) is 3.57. The van der Waals surface area contributed by atoms with E-state index >= 15 is 0 Å². The molecule has 0 radical (unpaired) electrons. The molecule has 5 nitrogen and oxygen atoms in total. The monoisotopic (exact) mass is 262 g/mol. The van der Waals surface area contributed by atoms with Gasteiger partial charge in [0.2, 0.25) is 0 Å². The number of aromatic nitrogens is 1. The van der Waals surface area contributed by atoms with E-state index in [4.69, 9.17) is 10.5 Å². The van der Waals surface area contributed by atoms with Crippen LogP contribution in [0.3, 0.4) is 0 Å². The van der Waals surface area contributed by atoms with Crippen molar-refractivity contribution in [1.29, 1.82) is 0 Å². The summed E-state index contributed by atoms with van der Waals surface area (Å²) in [7, 11) is 1.79. The smallest absolute Gasteiger partial charge is 0.194 e. The molecule has 104 valence electrons. The van der Waals surface area contributed by atoms with Gasteiger partial charge in [-0.05, 0) is 43.7 Å². The first kappa shape index (κ1) is 13.8. The van der Waals surface area contributed by atoms with E-state index in [1.54, 1.807) is 13.3 Å². The molecule has 0 atom stereocenters. The lowest BCUT2D eigenvalue weighted by Crippen LogP contribution is -2.26. The van der Waals surface area contributed by atoms with E-state index in [1.807, 2.05) is 18.2 Å².